The van der Waals surface area contributed by atoms with Crippen molar-refractivity contribution in [2.75, 3.05) is 13.6 Å². The number of amides is 1. The Morgan fingerprint density at radius 1 is 1.10 bits per heavy atom. The molecule has 2 heterocycles. The minimum atomic E-state index is -0.0455. The summed E-state index contributed by atoms with van der Waals surface area (Å²) in [6, 6.07) is 16.4. The average Bonchev–Trinajstić information content (AvgIpc) is 2.74. The van der Waals surface area contributed by atoms with E-state index in [0.717, 1.165) is 35.3 Å². The molecule has 1 atom stereocenters. The van der Waals surface area contributed by atoms with Crippen molar-refractivity contribution in [2.45, 2.75) is 32.9 Å². The number of aryl methyl sites for hydroxylation is 1. The fourth-order valence-corrected chi connectivity index (χ4v) is 3.84. The molecule has 1 unspecified atom stereocenters. The Bertz CT molecular complexity index is 1030. The summed E-state index contributed by atoms with van der Waals surface area (Å²) in [7, 11) is 2.12. The van der Waals surface area contributed by atoms with Crippen LogP contribution in [0.2, 0.25) is 0 Å². The van der Waals surface area contributed by atoms with Crippen molar-refractivity contribution < 1.29 is 4.79 Å². The molecule has 0 saturated carbocycles. The van der Waals surface area contributed by atoms with Gasteiger partial charge in [0.05, 0.1) is 11.9 Å². The zero-order chi connectivity index (χ0) is 20.4. The number of hydrogen-bond donors (Lipinski definition) is 1. The van der Waals surface area contributed by atoms with Crippen LogP contribution in [0.15, 0.2) is 54.7 Å². The average molecular weight is 386 g/mol. The van der Waals surface area contributed by atoms with Crippen LogP contribution in [0.3, 0.4) is 0 Å². The van der Waals surface area contributed by atoms with Crippen molar-refractivity contribution in [3.63, 3.8) is 0 Å². The summed E-state index contributed by atoms with van der Waals surface area (Å²) < 4.78 is 0. The number of aromatic nitrogens is 2. The van der Waals surface area contributed by atoms with E-state index in [1.807, 2.05) is 38.1 Å². The highest BCUT2D eigenvalue weighted by Gasteiger charge is 2.23. The first kappa shape index (κ1) is 19.3. The Morgan fingerprint density at radius 2 is 1.83 bits per heavy atom. The topological polar surface area (TPSA) is 58.1 Å². The number of nitrogens with zero attached hydrogens (tertiary/aromatic N) is 3. The molecular formula is C24H26N4O. The molecule has 0 fully saturated rings. The highest BCUT2D eigenvalue weighted by molar-refractivity contribution is 5.94. The minimum Gasteiger partial charge on any atom is -0.350 e. The molecule has 5 nitrogen and oxygen atoms in total. The van der Waals surface area contributed by atoms with Crippen LogP contribution in [-0.4, -0.2) is 40.6 Å². The van der Waals surface area contributed by atoms with Crippen molar-refractivity contribution in [2.24, 2.45) is 0 Å². The van der Waals surface area contributed by atoms with E-state index in [1.165, 1.54) is 11.1 Å². The highest BCUT2D eigenvalue weighted by Crippen LogP contribution is 2.23. The number of carbonyl (C=O) groups excluding carboxylic acids is 1. The van der Waals surface area contributed by atoms with Gasteiger partial charge >= 0.3 is 0 Å². The van der Waals surface area contributed by atoms with Gasteiger partial charge in [-0.15, -0.1) is 0 Å². The molecule has 0 radical (unpaired) electrons. The molecule has 0 bridgehead atoms. The first-order valence-corrected chi connectivity index (χ1v) is 9.97. The van der Waals surface area contributed by atoms with E-state index in [1.54, 1.807) is 6.20 Å². The maximum absolute atomic E-state index is 12.7. The Hall–Kier alpha value is -3.05. The lowest BCUT2D eigenvalue weighted by molar-refractivity contribution is 0.0934. The lowest BCUT2D eigenvalue weighted by atomic mass is 9.94. The summed E-state index contributed by atoms with van der Waals surface area (Å²) in [5.74, 6) is -0.0455. The molecule has 4 rings (SSSR count). The van der Waals surface area contributed by atoms with E-state index in [2.05, 4.69) is 51.7 Å². The summed E-state index contributed by atoms with van der Waals surface area (Å²) >= 11 is 0. The molecule has 1 aromatic heterocycles. The van der Waals surface area contributed by atoms with E-state index >= 15 is 0 Å². The zero-order valence-corrected chi connectivity index (χ0v) is 17.1. The number of nitrogens with one attached hydrogen (secondary N) is 1. The van der Waals surface area contributed by atoms with Crippen LogP contribution in [0.4, 0.5) is 0 Å². The number of carbonyl (C=O) groups is 1. The Morgan fingerprint density at radius 3 is 2.59 bits per heavy atom. The molecular weight excluding hydrogens is 360 g/mol. The Kier molecular flexibility index (Phi) is 5.41. The molecule has 0 aliphatic carbocycles. The van der Waals surface area contributed by atoms with Crippen LogP contribution < -0.4 is 5.32 Å². The highest BCUT2D eigenvalue weighted by atomic mass is 16.1. The van der Waals surface area contributed by atoms with Gasteiger partial charge in [0, 0.05) is 30.3 Å². The van der Waals surface area contributed by atoms with Crippen molar-refractivity contribution in [1.29, 1.82) is 0 Å². The fraction of sp³-hybridized carbons (Fsp3) is 0.292. The first-order valence-electron chi connectivity index (χ1n) is 9.97. The van der Waals surface area contributed by atoms with Gasteiger partial charge in [-0.2, -0.15) is 10.2 Å². The number of benzene rings is 2. The lowest BCUT2D eigenvalue weighted by Crippen LogP contribution is -2.45. The predicted molar refractivity (Wildman–Crippen MR) is 115 cm³/mol. The standard InChI is InChI=1S/C24H26N4O/c1-16-13-26-27-23(17(16)2)18-8-10-19(11-9-18)24(29)25-14-22-12-20-6-4-5-7-21(20)15-28(22)3/h4-11,13,22H,12,14-15H2,1-3H3,(H,25,29). The second-order valence-corrected chi connectivity index (χ2v) is 7.83. The van der Waals surface area contributed by atoms with Gasteiger partial charge < -0.3 is 5.32 Å². The maximum Gasteiger partial charge on any atom is 0.251 e. The predicted octanol–water partition coefficient (Wildman–Crippen LogP) is 3.55. The third-order valence-electron chi connectivity index (χ3n) is 5.89. The molecule has 1 aliphatic heterocycles. The van der Waals surface area contributed by atoms with Gasteiger partial charge in [0.1, 0.15) is 0 Å². The molecule has 1 amide bonds. The summed E-state index contributed by atoms with van der Waals surface area (Å²) in [5.41, 5.74) is 7.46. The molecule has 5 heteroatoms. The van der Waals surface area contributed by atoms with Gasteiger partial charge in [0.25, 0.3) is 5.91 Å². The summed E-state index contributed by atoms with van der Waals surface area (Å²) in [5, 5.41) is 11.4. The summed E-state index contributed by atoms with van der Waals surface area (Å²) in [6.45, 7) is 5.62. The fourth-order valence-electron chi connectivity index (χ4n) is 3.84. The van der Waals surface area contributed by atoms with Crippen LogP contribution >= 0.6 is 0 Å². The van der Waals surface area contributed by atoms with Crippen LogP contribution in [0, 0.1) is 13.8 Å². The van der Waals surface area contributed by atoms with Crippen LogP contribution in [-0.2, 0) is 13.0 Å². The summed E-state index contributed by atoms with van der Waals surface area (Å²) in [4.78, 5) is 15.0. The number of hydrogen-bond acceptors (Lipinski definition) is 4. The van der Waals surface area contributed by atoms with Crippen LogP contribution in [0.1, 0.15) is 32.6 Å². The third kappa shape index (κ3) is 4.05. The van der Waals surface area contributed by atoms with Crippen LogP contribution in [0.5, 0.6) is 0 Å². The van der Waals surface area contributed by atoms with Crippen molar-refractivity contribution in [3.05, 3.63) is 82.5 Å². The van der Waals surface area contributed by atoms with Gasteiger partial charge in [-0.3, -0.25) is 9.69 Å². The van der Waals surface area contributed by atoms with Crippen molar-refractivity contribution >= 4 is 5.91 Å². The number of rotatable bonds is 4. The molecule has 1 N–H and O–H groups in total. The molecule has 148 valence electrons. The van der Waals surface area contributed by atoms with Crippen molar-refractivity contribution in [3.8, 4) is 11.3 Å². The van der Waals surface area contributed by atoms with Crippen LogP contribution in [0.25, 0.3) is 11.3 Å². The molecule has 3 aromatic rings. The summed E-state index contributed by atoms with van der Waals surface area (Å²) in [6.07, 6.45) is 2.72. The van der Waals surface area contributed by atoms with Gasteiger partial charge in [0.15, 0.2) is 0 Å². The Balaban J connectivity index is 1.41. The van der Waals surface area contributed by atoms with Gasteiger partial charge in [-0.1, -0.05) is 36.4 Å². The third-order valence-corrected chi connectivity index (χ3v) is 5.89. The first-order chi connectivity index (χ1) is 14.0. The van der Waals surface area contributed by atoms with Gasteiger partial charge in [-0.25, -0.2) is 0 Å². The lowest BCUT2D eigenvalue weighted by Gasteiger charge is -2.34. The SMILES string of the molecule is Cc1cnnc(-c2ccc(C(=O)NCC3Cc4ccccc4CN3C)cc2)c1C. The van der Waals surface area contributed by atoms with E-state index in [4.69, 9.17) is 0 Å². The monoisotopic (exact) mass is 386 g/mol. The van der Waals surface area contributed by atoms with Gasteiger partial charge in [-0.05, 0) is 61.7 Å². The second-order valence-electron chi connectivity index (χ2n) is 7.83. The second kappa shape index (κ2) is 8.13. The normalized spacial score (nSPS) is 16.3. The van der Waals surface area contributed by atoms with E-state index < -0.39 is 0 Å². The van der Waals surface area contributed by atoms with E-state index in [9.17, 15) is 4.79 Å². The van der Waals surface area contributed by atoms with Gasteiger partial charge in [0.2, 0.25) is 0 Å². The Labute approximate surface area is 171 Å². The van der Waals surface area contributed by atoms with E-state index in [0.29, 0.717) is 18.2 Å². The van der Waals surface area contributed by atoms with Crippen molar-refractivity contribution in [1.82, 2.24) is 20.4 Å². The molecule has 2 aromatic carbocycles. The molecule has 1 aliphatic rings. The largest absolute Gasteiger partial charge is 0.350 e. The maximum atomic E-state index is 12.7. The van der Waals surface area contributed by atoms with E-state index in [-0.39, 0.29) is 5.91 Å². The quantitative estimate of drug-likeness (QED) is 0.745. The minimum absolute atomic E-state index is 0.0455. The molecule has 0 saturated heterocycles. The molecule has 29 heavy (non-hydrogen) atoms. The smallest absolute Gasteiger partial charge is 0.251 e. The zero-order valence-electron chi connectivity index (χ0n) is 17.1. The molecule has 0 spiro atoms. The number of likely N-dealkylation sites (N-methyl/N-ethyl adjacent to an activating group) is 1. The number of fused-ring (bicyclic) bond motifs is 1.